The first kappa shape index (κ1) is 20.0. The van der Waals surface area contributed by atoms with Gasteiger partial charge in [0.05, 0.1) is 0 Å². The SMILES string of the molecule is O=C(O)c1c(CNC2CCCCCC2)c2ccccc2n1Cc1ccc(Cl)cc1. The monoisotopic (exact) mass is 410 g/mol. The van der Waals surface area contributed by atoms with Crippen LogP contribution in [0.3, 0.4) is 0 Å². The number of carboxylic acid groups (broad SMARTS) is 1. The van der Waals surface area contributed by atoms with Gasteiger partial charge in [-0.15, -0.1) is 0 Å². The predicted molar refractivity (Wildman–Crippen MR) is 118 cm³/mol. The third kappa shape index (κ3) is 4.49. The average Bonchev–Trinajstić information content (AvgIpc) is 2.85. The second-order valence-electron chi connectivity index (χ2n) is 7.93. The number of halogens is 1. The van der Waals surface area contributed by atoms with Gasteiger partial charge in [-0.3, -0.25) is 0 Å². The van der Waals surface area contributed by atoms with Crippen molar-refractivity contribution in [2.45, 2.75) is 57.7 Å². The fourth-order valence-electron chi connectivity index (χ4n) is 4.47. The van der Waals surface area contributed by atoms with E-state index >= 15 is 0 Å². The molecule has 0 radical (unpaired) electrons. The van der Waals surface area contributed by atoms with Crippen molar-refractivity contribution in [3.8, 4) is 0 Å². The molecule has 1 saturated carbocycles. The fourth-order valence-corrected chi connectivity index (χ4v) is 4.59. The first-order chi connectivity index (χ1) is 14.1. The number of aromatic nitrogens is 1. The molecule has 0 spiro atoms. The van der Waals surface area contributed by atoms with Gasteiger partial charge in [0.1, 0.15) is 5.69 Å². The maximum Gasteiger partial charge on any atom is 0.352 e. The molecule has 4 rings (SSSR count). The summed E-state index contributed by atoms with van der Waals surface area (Å²) >= 11 is 6.01. The summed E-state index contributed by atoms with van der Waals surface area (Å²) in [7, 11) is 0. The van der Waals surface area contributed by atoms with E-state index in [0.717, 1.165) is 22.0 Å². The Balaban J connectivity index is 1.70. The van der Waals surface area contributed by atoms with Gasteiger partial charge in [-0.25, -0.2) is 4.79 Å². The van der Waals surface area contributed by atoms with Crippen molar-refractivity contribution in [1.29, 1.82) is 0 Å². The van der Waals surface area contributed by atoms with Gasteiger partial charge in [-0.1, -0.05) is 67.6 Å². The van der Waals surface area contributed by atoms with Crippen LogP contribution in [0.1, 0.15) is 60.1 Å². The highest BCUT2D eigenvalue weighted by atomic mass is 35.5. The lowest BCUT2D eigenvalue weighted by atomic mass is 10.1. The number of para-hydroxylation sites is 1. The Morgan fingerprint density at radius 1 is 1.03 bits per heavy atom. The van der Waals surface area contributed by atoms with Crippen LogP contribution in [0.25, 0.3) is 10.9 Å². The molecule has 1 fully saturated rings. The van der Waals surface area contributed by atoms with Crippen LogP contribution in [0, 0.1) is 0 Å². The number of fused-ring (bicyclic) bond motifs is 1. The average molecular weight is 411 g/mol. The lowest BCUT2D eigenvalue weighted by Gasteiger charge is -2.16. The van der Waals surface area contributed by atoms with Crippen molar-refractivity contribution in [2.24, 2.45) is 0 Å². The summed E-state index contributed by atoms with van der Waals surface area (Å²) in [6, 6.07) is 16.0. The van der Waals surface area contributed by atoms with Gasteiger partial charge in [0.15, 0.2) is 0 Å². The Kier molecular flexibility index (Phi) is 6.22. The van der Waals surface area contributed by atoms with Crippen molar-refractivity contribution in [2.75, 3.05) is 0 Å². The molecule has 1 heterocycles. The molecule has 2 aromatic carbocycles. The highest BCUT2D eigenvalue weighted by molar-refractivity contribution is 6.30. The number of rotatable bonds is 6. The normalized spacial score (nSPS) is 15.5. The van der Waals surface area contributed by atoms with Crippen LogP contribution >= 0.6 is 11.6 Å². The Morgan fingerprint density at radius 3 is 2.41 bits per heavy atom. The number of hydrogen-bond donors (Lipinski definition) is 2. The molecule has 2 N–H and O–H groups in total. The number of carboxylic acids is 1. The minimum atomic E-state index is -0.882. The summed E-state index contributed by atoms with van der Waals surface area (Å²) in [5.41, 5.74) is 3.24. The van der Waals surface area contributed by atoms with E-state index in [2.05, 4.69) is 5.32 Å². The van der Waals surface area contributed by atoms with Gasteiger partial charge >= 0.3 is 5.97 Å². The largest absolute Gasteiger partial charge is 0.477 e. The molecule has 1 aliphatic carbocycles. The van der Waals surface area contributed by atoms with E-state index in [1.54, 1.807) is 0 Å². The molecule has 0 bridgehead atoms. The van der Waals surface area contributed by atoms with E-state index in [0.29, 0.717) is 29.8 Å². The molecule has 152 valence electrons. The van der Waals surface area contributed by atoms with Crippen molar-refractivity contribution >= 4 is 28.5 Å². The van der Waals surface area contributed by atoms with Crippen LogP contribution in [0.5, 0.6) is 0 Å². The molecule has 29 heavy (non-hydrogen) atoms. The quantitative estimate of drug-likeness (QED) is 0.501. The van der Waals surface area contributed by atoms with Crippen molar-refractivity contribution in [1.82, 2.24) is 9.88 Å². The Hall–Kier alpha value is -2.30. The van der Waals surface area contributed by atoms with Gasteiger partial charge < -0.3 is 15.0 Å². The fraction of sp³-hybridized carbons (Fsp3) is 0.375. The number of carbonyl (C=O) groups is 1. The van der Waals surface area contributed by atoms with Gasteiger partial charge in [-0.05, 0) is 36.6 Å². The van der Waals surface area contributed by atoms with Crippen LogP contribution in [0.2, 0.25) is 5.02 Å². The third-order valence-electron chi connectivity index (χ3n) is 5.95. The molecule has 0 amide bonds. The van der Waals surface area contributed by atoms with Crippen molar-refractivity contribution in [3.05, 3.63) is 70.4 Å². The summed E-state index contributed by atoms with van der Waals surface area (Å²) in [5, 5.41) is 15.4. The molecule has 3 aromatic rings. The van der Waals surface area contributed by atoms with Crippen LogP contribution in [-0.2, 0) is 13.1 Å². The molecule has 0 unspecified atom stereocenters. The lowest BCUT2D eigenvalue weighted by molar-refractivity contribution is 0.0684. The van der Waals surface area contributed by atoms with Crippen LogP contribution in [-0.4, -0.2) is 21.7 Å². The van der Waals surface area contributed by atoms with E-state index in [-0.39, 0.29) is 0 Å². The topological polar surface area (TPSA) is 54.3 Å². The second kappa shape index (κ2) is 9.02. The zero-order valence-corrected chi connectivity index (χ0v) is 17.3. The zero-order valence-electron chi connectivity index (χ0n) is 16.5. The maximum absolute atomic E-state index is 12.3. The van der Waals surface area contributed by atoms with Gasteiger partial charge in [-0.2, -0.15) is 0 Å². The molecular weight excluding hydrogens is 384 g/mol. The summed E-state index contributed by atoms with van der Waals surface area (Å²) in [4.78, 5) is 12.3. The number of nitrogens with zero attached hydrogens (tertiary/aromatic N) is 1. The molecule has 5 heteroatoms. The first-order valence-electron chi connectivity index (χ1n) is 10.4. The summed E-state index contributed by atoms with van der Waals surface area (Å²) in [5.74, 6) is -0.882. The van der Waals surface area contributed by atoms with E-state index in [1.807, 2.05) is 53.1 Å². The van der Waals surface area contributed by atoms with Gasteiger partial charge in [0, 0.05) is 40.6 Å². The van der Waals surface area contributed by atoms with Crippen molar-refractivity contribution in [3.63, 3.8) is 0 Å². The van der Waals surface area contributed by atoms with E-state index in [9.17, 15) is 9.90 Å². The standard InChI is InChI=1S/C24H27ClN2O2/c25-18-13-11-17(12-14-18)16-27-22-10-6-5-9-20(22)21(23(27)24(28)29)15-26-19-7-3-1-2-4-8-19/h5-6,9-14,19,26H,1-4,7-8,15-16H2,(H,28,29). The number of hydrogen-bond acceptors (Lipinski definition) is 2. The molecule has 0 atom stereocenters. The van der Waals surface area contributed by atoms with E-state index in [4.69, 9.17) is 11.6 Å². The van der Waals surface area contributed by atoms with Gasteiger partial charge in [0.2, 0.25) is 0 Å². The summed E-state index contributed by atoms with van der Waals surface area (Å²) in [6.07, 6.45) is 7.46. The van der Waals surface area contributed by atoms with Crippen LogP contribution < -0.4 is 5.32 Å². The highest BCUT2D eigenvalue weighted by Crippen LogP contribution is 2.28. The van der Waals surface area contributed by atoms with E-state index in [1.165, 1.54) is 38.5 Å². The number of benzene rings is 2. The summed E-state index contributed by atoms with van der Waals surface area (Å²) < 4.78 is 1.92. The molecule has 1 aromatic heterocycles. The molecule has 0 saturated heterocycles. The lowest BCUT2D eigenvalue weighted by Crippen LogP contribution is -2.28. The highest BCUT2D eigenvalue weighted by Gasteiger charge is 2.23. The van der Waals surface area contributed by atoms with Gasteiger partial charge in [0.25, 0.3) is 0 Å². The molecule has 1 aliphatic rings. The van der Waals surface area contributed by atoms with Crippen LogP contribution in [0.15, 0.2) is 48.5 Å². The molecule has 4 nitrogen and oxygen atoms in total. The smallest absolute Gasteiger partial charge is 0.352 e. The number of aromatic carboxylic acids is 1. The predicted octanol–water partition coefficient (Wildman–Crippen LogP) is 5.85. The minimum absolute atomic E-state index is 0.377. The zero-order chi connectivity index (χ0) is 20.2. The van der Waals surface area contributed by atoms with E-state index < -0.39 is 5.97 Å². The molecular formula is C24H27ClN2O2. The Labute approximate surface area is 176 Å². The third-order valence-corrected chi connectivity index (χ3v) is 6.21. The van der Waals surface area contributed by atoms with Crippen molar-refractivity contribution < 1.29 is 9.90 Å². The Morgan fingerprint density at radius 2 is 1.72 bits per heavy atom. The second-order valence-corrected chi connectivity index (χ2v) is 8.37. The Bertz CT molecular complexity index is 986. The molecule has 0 aliphatic heterocycles. The summed E-state index contributed by atoms with van der Waals surface area (Å²) in [6.45, 7) is 1.09. The number of nitrogens with one attached hydrogen (secondary N) is 1. The minimum Gasteiger partial charge on any atom is -0.477 e. The first-order valence-corrected chi connectivity index (χ1v) is 10.8. The maximum atomic E-state index is 12.3. The van der Waals surface area contributed by atoms with Crippen LogP contribution in [0.4, 0.5) is 0 Å².